The summed E-state index contributed by atoms with van der Waals surface area (Å²) in [6, 6.07) is 15.9. The molecule has 0 radical (unpaired) electrons. The van der Waals surface area contributed by atoms with Crippen molar-refractivity contribution in [2.75, 3.05) is 16.8 Å². The number of fused-ring (bicyclic) bond motifs is 1. The van der Waals surface area contributed by atoms with Crippen LogP contribution >= 0.6 is 15.9 Å². The topological polar surface area (TPSA) is 41.6 Å². The maximum absolute atomic E-state index is 12.7. The second-order valence-corrected chi connectivity index (χ2v) is 7.78. The Morgan fingerprint density at radius 2 is 1.96 bits per heavy atom. The van der Waals surface area contributed by atoms with E-state index in [0.29, 0.717) is 6.54 Å². The van der Waals surface area contributed by atoms with Crippen LogP contribution in [0, 0.1) is 0 Å². The molecular weight excluding hydrogens is 368 g/mol. The van der Waals surface area contributed by atoms with Crippen LogP contribution in [0.5, 0.6) is 0 Å². The van der Waals surface area contributed by atoms with Gasteiger partial charge in [-0.2, -0.15) is 0 Å². The van der Waals surface area contributed by atoms with E-state index >= 15 is 0 Å². The highest BCUT2D eigenvalue weighted by Crippen LogP contribution is 2.36. The third-order valence-corrected chi connectivity index (χ3v) is 4.25. The number of nitrogens with one attached hydrogen (secondary N) is 1. The summed E-state index contributed by atoms with van der Waals surface area (Å²) in [5, 5.41) is 3.52. The van der Waals surface area contributed by atoms with Gasteiger partial charge in [-0.05, 0) is 50.6 Å². The van der Waals surface area contributed by atoms with E-state index < -0.39 is 5.60 Å². The molecule has 2 aromatic carbocycles. The fourth-order valence-electron chi connectivity index (χ4n) is 2.75. The molecule has 2 aromatic rings. The summed E-state index contributed by atoms with van der Waals surface area (Å²) in [5.41, 5.74) is 2.37. The fraction of sp³-hybridized carbons (Fsp3) is 0.316. The van der Waals surface area contributed by atoms with Crippen LogP contribution < -0.4 is 10.2 Å². The molecule has 0 saturated heterocycles. The third kappa shape index (κ3) is 3.73. The number of ether oxygens (including phenoxy) is 1. The highest BCUT2D eigenvalue weighted by Gasteiger charge is 2.31. The average molecular weight is 389 g/mol. The van der Waals surface area contributed by atoms with Gasteiger partial charge in [-0.25, -0.2) is 4.79 Å². The van der Waals surface area contributed by atoms with Crippen molar-refractivity contribution in [3.63, 3.8) is 0 Å². The lowest BCUT2D eigenvalue weighted by Crippen LogP contribution is -2.43. The van der Waals surface area contributed by atoms with Crippen molar-refractivity contribution in [2.45, 2.75) is 32.4 Å². The minimum atomic E-state index is -0.526. The molecule has 24 heavy (non-hydrogen) atoms. The number of amides is 1. The molecule has 4 nitrogen and oxygen atoms in total. The van der Waals surface area contributed by atoms with Gasteiger partial charge in [-0.15, -0.1) is 0 Å². The Kier molecular flexibility index (Phi) is 4.54. The molecule has 1 aliphatic rings. The van der Waals surface area contributed by atoms with Crippen LogP contribution in [0.1, 0.15) is 32.4 Å². The molecule has 1 aliphatic heterocycles. The smallest absolute Gasteiger partial charge is 0.414 e. The SMILES string of the molecule is CC(C)(C)OC(=O)N1C[C@H](c2cccc(Br)c2)Nc2ccccc21. The Labute approximate surface area is 150 Å². The third-order valence-electron chi connectivity index (χ3n) is 3.75. The molecule has 0 aromatic heterocycles. The van der Waals surface area contributed by atoms with Gasteiger partial charge in [0.25, 0.3) is 0 Å². The fourth-order valence-corrected chi connectivity index (χ4v) is 3.16. The predicted octanol–water partition coefficient (Wildman–Crippen LogP) is 5.36. The zero-order chi connectivity index (χ0) is 17.3. The zero-order valence-corrected chi connectivity index (χ0v) is 15.6. The highest BCUT2D eigenvalue weighted by atomic mass is 79.9. The van der Waals surface area contributed by atoms with E-state index in [4.69, 9.17) is 4.74 Å². The van der Waals surface area contributed by atoms with E-state index in [9.17, 15) is 4.79 Å². The van der Waals surface area contributed by atoms with Gasteiger partial charge in [0.2, 0.25) is 0 Å². The van der Waals surface area contributed by atoms with Gasteiger partial charge < -0.3 is 10.1 Å². The van der Waals surface area contributed by atoms with Crippen LogP contribution in [-0.4, -0.2) is 18.2 Å². The quantitative estimate of drug-likeness (QED) is 0.714. The monoisotopic (exact) mass is 388 g/mol. The number of para-hydroxylation sites is 2. The van der Waals surface area contributed by atoms with Gasteiger partial charge in [0.05, 0.1) is 24.0 Å². The molecule has 126 valence electrons. The number of carbonyl (C=O) groups is 1. The summed E-state index contributed by atoms with van der Waals surface area (Å²) in [4.78, 5) is 14.4. The van der Waals surface area contributed by atoms with Crippen molar-refractivity contribution in [3.8, 4) is 0 Å². The van der Waals surface area contributed by atoms with E-state index in [-0.39, 0.29) is 12.1 Å². The van der Waals surface area contributed by atoms with Crippen LogP contribution in [0.3, 0.4) is 0 Å². The van der Waals surface area contributed by atoms with Crippen molar-refractivity contribution in [1.29, 1.82) is 0 Å². The van der Waals surface area contributed by atoms with Crippen molar-refractivity contribution in [2.24, 2.45) is 0 Å². The molecule has 1 atom stereocenters. The van der Waals surface area contributed by atoms with Crippen molar-refractivity contribution in [3.05, 3.63) is 58.6 Å². The van der Waals surface area contributed by atoms with E-state index in [1.165, 1.54) is 0 Å². The summed E-state index contributed by atoms with van der Waals surface area (Å²) >= 11 is 3.51. The first-order chi connectivity index (χ1) is 11.3. The molecule has 1 heterocycles. The Hall–Kier alpha value is -2.01. The highest BCUT2D eigenvalue weighted by molar-refractivity contribution is 9.10. The number of hydrogen-bond donors (Lipinski definition) is 1. The average Bonchev–Trinajstić information content (AvgIpc) is 2.52. The molecule has 0 saturated carbocycles. The van der Waals surface area contributed by atoms with Crippen molar-refractivity contribution < 1.29 is 9.53 Å². The van der Waals surface area contributed by atoms with E-state index in [0.717, 1.165) is 21.4 Å². The number of rotatable bonds is 1. The Morgan fingerprint density at radius 1 is 1.21 bits per heavy atom. The number of benzene rings is 2. The van der Waals surface area contributed by atoms with Crippen LogP contribution in [0.2, 0.25) is 0 Å². The molecule has 1 N–H and O–H groups in total. The maximum Gasteiger partial charge on any atom is 0.414 e. The maximum atomic E-state index is 12.7. The summed E-state index contributed by atoms with van der Waals surface area (Å²) in [5.74, 6) is 0. The first kappa shape index (κ1) is 16.8. The first-order valence-corrected chi connectivity index (χ1v) is 8.74. The Morgan fingerprint density at radius 3 is 2.67 bits per heavy atom. The van der Waals surface area contributed by atoms with Gasteiger partial charge in [-0.1, -0.05) is 40.2 Å². The lowest BCUT2D eigenvalue weighted by molar-refractivity contribution is 0.0577. The van der Waals surface area contributed by atoms with Crippen LogP contribution in [-0.2, 0) is 4.74 Å². The van der Waals surface area contributed by atoms with Crippen molar-refractivity contribution >= 4 is 33.4 Å². The van der Waals surface area contributed by atoms with E-state index in [1.807, 2.05) is 57.2 Å². The second kappa shape index (κ2) is 6.48. The Bertz CT molecular complexity index is 755. The summed E-state index contributed by atoms with van der Waals surface area (Å²) in [6.45, 7) is 6.16. The number of halogens is 1. The molecular formula is C19H21BrN2O2. The minimum Gasteiger partial charge on any atom is -0.443 e. The van der Waals surface area contributed by atoms with Crippen LogP contribution in [0.4, 0.5) is 16.2 Å². The lowest BCUT2D eigenvalue weighted by Gasteiger charge is -2.36. The lowest BCUT2D eigenvalue weighted by atomic mass is 10.0. The van der Waals surface area contributed by atoms with Crippen LogP contribution in [0.25, 0.3) is 0 Å². The predicted molar refractivity (Wildman–Crippen MR) is 101 cm³/mol. The van der Waals surface area contributed by atoms with E-state index in [2.05, 4.69) is 33.4 Å². The molecule has 0 fully saturated rings. The van der Waals surface area contributed by atoms with Crippen LogP contribution in [0.15, 0.2) is 53.0 Å². The largest absolute Gasteiger partial charge is 0.443 e. The molecule has 0 aliphatic carbocycles. The van der Waals surface area contributed by atoms with Crippen molar-refractivity contribution in [1.82, 2.24) is 0 Å². The standard InChI is InChI=1S/C19H21BrN2O2/c1-19(2,3)24-18(23)22-12-16(13-7-6-8-14(20)11-13)21-15-9-4-5-10-17(15)22/h4-11,16,21H,12H2,1-3H3/t16-/m1/s1. The second-order valence-electron chi connectivity index (χ2n) is 6.86. The van der Waals surface area contributed by atoms with Gasteiger partial charge in [0.15, 0.2) is 0 Å². The van der Waals surface area contributed by atoms with Gasteiger partial charge in [0, 0.05) is 4.47 Å². The first-order valence-electron chi connectivity index (χ1n) is 7.95. The molecule has 5 heteroatoms. The Balaban J connectivity index is 1.94. The number of hydrogen-bond acceptors (Lipinski definition) is 3. The van der Waals surface area contributed by atoms with Gasteiger partial charge >= 0.3 is 6.09 Å². The zero-order valence-electron chi connectivity index (χ0n) is 14.0. The molecule has 3 rings (SSSR count). The minimum absolute atomic E-state index is 0.00455. The van der Waals surface area contributed by atoms with Gasteiger partial charge in [-0.3, -0.25) is 4.90 Å². The van der Waals surface area contributed by atoms with E-state index in [1.54, 1.807) is 4.90 Å². The summed E-state index contributed by atoms with van der Waals surface area (Å²) in [7, 11) is 0. The molecule has 0 spiro atoms. The molecule has 0 unspecified atom stereocenters. The summed E-state index contributed by atoms with van der Waals surface area (Å²) < 4.78 is 6.61. The number of nitrogens with zero attached hydrogens (tertiary/aromatic N) is 1. The number of anilines is 2. The molecule has 0 bridgehead atoms. The summed E-state index contributed by atoms with van der Waals surface area (Å²) in [6.07, 6.45) is -0.323. The van der Waals surface area contributed by atoms with Gasteiger partial charge in [0.1, 0.15) is 5.60 Å². The normalized spacial score (nSPS) is 17.0. The molecule has 1 amide bonds. The number of carbonyl (C=O) groups excluding carboxylic acids is 1.